The van der Waals surface area contributed by atoms with E-state index < -0.39 is 0 Å². The van der Waals surface area contributed by atoms with Crippen LogP contribution in [-0.2, 0) is 6.54 Å². The zero-order chi connectivity index (χ0) is 15.4. The Kier molecular flexibility index (Phi) is 5.07. The van der Waals surface area contributed by atoms with E-state index in [2.05, 4.69) is 4.90 Å². The van der Waals surface area contributed by atoms with E-state index in [1.165, 1.54) is 5.56 Å². The number of piperidine rings is 1. The van der Waals surface area contributed by atoms with Crippen molar-refractivity contribution < 1.29 is 9.90 Å². The molecule has 1 heterocycles. The van der Waals surface area contributed by atoms with Crippen molar-refractivity contribution in [2.24, 2.45) is 0 Å². The highest BCUT2D eigenvalue weighted by Gasteiger charge is 2.25. The molecule has 2 amide bonds. The standard InChI is InChI=1S/C16H25N3O2/c1-17(2)16(21)18(3)14-8-10-19(11-9-14)12-13-4-6-15(20)7-5-13/h4-7,14,20H,8-12H2,1-3H3. The lowest BCUT2D eigenvalue weighted by Crippen LogP contribution is -2.48. The predicted octanol–water partition coefficient (Wildman–Crippen LogP) is 1.97. The molecule has 1 fully saturated rings. The third kappa shape index (κ3) is 4.11. The van der Waals surface area contributed by atoms with Gasteiger partial charge in [-0.05, 0) is 30.5 Å². The number of hydrogen-bond acceptors (Lipinski definition) is 3. The van der Waals surface area contributed by atoms with E-state index in [0.29, 0.717) is 11.8 Å². The second kappa shape index (κ2) is 6.80. The van der Waals surface area contributed by atoms with E-state index in [-0.39, 0.29) is 6.03 Å². The SMILES string of the molecule is CN(C)C(=O)N(C)C1CCN(Cc2ccc(O)cc2)CC1. The van der Waals surface area contributed by atoms with Crippen molar-refractivity contribution in [3.05, 3.63) is 29.8 Å². The number of aromatic hydroxyl groups is 1. The second-order valence-corrected chi connectivity index (χ2v) is 5.96. The van der Waals surface area contributed by atoms with Gasteiger partial charge >= 0.3 is 6.03 Å². The molecule has 0 saturated carbocycles. The molecule has 0 radical (unpaired) electrons. The summed E-state index contributed by atoms with van der Waals surface area (Å²) in [7, 11) is 5.47. The van der Waals surface area contributed by atoms with Gasteiger partial charge in [-0.3, -0.25) is 4.90 Å². The quantitative estimate of drug-likeness (QED) is 0.926. The van der Waals surface area contributed by atoms with Gasteiger partial charge in [-0.1, -0.05) is 12.1 Å². The minimum atomic E-state index is 0.0759. The molecule has 5 heteroatoms. The summed E-state index contributed by atoms with van der Waals surface area (Å²) in [6, 6.07) is 7.78. The molecule has 1 aromatic carbocycles. The van der Waals surface area contributed by atoms with Gasteiger partial charge < -0.3 is 14.9 Å². The lowest BCUT2D eigenvalue weighted by molar-refractivity contribution is 0.118. The molecule has 0 unspecified atom stereocenters. The Bertz CT molecular complexity index is 465. The summed E-state index contributed by atoms with van der Waals surface area (Å²) in [5.41, 5.74) is 1.21. The van der Waals surface area contributed by atoms with Gasteiger partial charge in [0.25, 0.3) is 0 Å². The number of carbonyl (C=O) groups excluding carboxylic acids is 1. The fourth-order valence-corrected chi connectivity index (χ4v) is 2.80. The molecule has 0 aliphatic carbocycles. The zero-order valence-electron chi connectivity index (χ0n) is 13.1. The molecule has 1 saturated heterocycles. The molecular formula is C16H25N3O2. The fourth-order valence-electron chi connectivity index (χ4n) is 2.80. The van der Waals surface area contributed by atoms with E-state index in [4.69, 9.17) is 0 Å². The molecule has 0 bridgehead atoms. The number of phenolic OH excluding ortho intramolecular Hbond substituents is 1. The fraction of sp³-hybridized carbons (Fsp3) is 0.562. The Hall–Kier alpha value is -1.75. The number of rotatable bonds is 3. The Balaban J connectivity index is 1.83. The lowest BCUT2D eigenvalue weighted by Gasteiger charge is -2.37. The Morgan fingerprint density at radius 2 is 1.76 bits per heavy atom. The number of hydrogen-bond donors (Lipinski definition) is 1. The maximum atomic E-state index is 12.0. The number of nitrogens with zero attached hydrogens (tertiary/aromatic N) is 3. The predicted molar refractivity (Wildman–Crippen MR) is 83.3 cm³/mol. The summed E-state index contributed by atoms with van der Waals surface area (Å²) < 4.78 is 0. The van der Waals surface area contributed by atoms with Crippen LogP contribution in [-0.4, -0.2) is 66.1 Å². The summed E-state index contributed by atoms with van der Waals surface area (Å²) >= 11 is 0. The van der Waals surface area contributed by atoms with E-state index in [0.717, 1.165) is 32.5 Å². The molecule has 5 nitrogen and oxygen atoms in total. The molecule has 1 N–H and O–H groups in total. The summed E-state index contributed by atoms with van der Waals surface area (Å²) in [6.07, 6.45) is 2.02. The minimum Gasteiger partial charge on any atom is -0.508 e. The van der Waals surface area contributed by atoms with Crippen LogP contribution in [0.25, 0.3) is 0 Å². The van der Waals surface area contributed by atoms with E-state index in [9.17, 15) is 9.90 Å². The minimum absolute atomic E-state index is 0.0759. The highest BCUT2D eigenvalue weighted by atomic mass is 16.3. The molecule has 1 aliphatic rings. The van der Waals surface area contributed by atoms with Crippen LogP contribution in [0.15, 0.2) is 24.3 Å². The van der Waals surface area contributed by atoms with Crippen LogP contribution in [0.4, 0.5) is 4.79 Å². The first-order chi connectivity index (χ1) is 9.97. The highest BCUT2D eigenvalue weighted by molar-refractivity contribution is 5.73. The monoisotopic (exact) mass is 291 g/mol. The first-order valence-electron chi connectivity index (χ1n) is 7.41. The van der Waals surface area contributed by atoms with Crippen molar-refractivity contribution in [3.63, 3.8) is 0 Å². The Labute approximate surface area is 126 Å². The van der Waals surface area contributed by atoms with Crippen LogP contribution in [0.5, 0.6) is 5.75 Å². The zero-order valence-corrected chi connectivity index (χ0v) is 13.1. The first kappa shape index (κ1) is 15.6. The van der Waals surface area contributed by atoms with Crippen molar-refractivity contribution in [2.75, 3.05) is 34.2 Å². The van der Waals surface area contributed by atoms with Crippen LogP contribution in [0.2, 0.25) is 0 Å². The van der Waals surface area contributed by atoms with Gasteiger partial charge in [0.2, 0.25) is 0 Å². The van der Waals surface area contributed by atoms with Crippen LogP contribution < -0.4 is 0 Å². The maximum Gasteiger partial charge on any atom is 0.319 e. The van der Waals surface area contributed by atoms with Gasteiger partial charge in [0.1, 0.15) is 5.75 Å². The maximum absolute atomic E-state index is 12.0. The molecule has 0 aromatic heterocycles. The molecular weight excluding hydrogens is 266 g/mol. The largest absolute Gasteiger partial charge is 0.508 e. The van der Waals surface area contributed by atoms with Gasteiger partial charge in [0.05, 0.1) is 0 Å². The topological polar surface area (TPSA) is 47.0 Å². The third-order valence-corrected chi connectivity index (χ3v) is 4.13. The van der Waals surface area contributed by atoms with Crippen LogP contribution in [0, 0.1) is 0 Å². The first-order valence-corrected chi connectivity index (χ1v) is 7.41. The van der Waals surface area contributed by atoms with E-state index in [1.54, 1.807) is 31.1 Å². The van der Waals surface area contributed by atoms with E-state index >= 15 is 0 Å². The summed E-state index contributed by atoms with van der Waals surface area (Å²) in [4.78, 5) is 17.8. The average molecular weight is 291 g/mol. The summed E-state index contributed by atoms with van der Waals surface area (Å²) in [6.45, 7) is 2.89. The van der Waals surface area contributed by atoms with Crippen molar-refractivity contribution in [2.45, 2.75) is 25.4 Å². The smallest absolute Gasteiger partial charge is 0.319 e. The second-order valence-electron chi connectivity index (χ2n) is 5.96. The van der Waals surface area contributed by atoms with Crippen molar-refractivity contribution in [1.29, 1.82) is 0 Å². The Morgan fingerprint density at radius 3 is 2.29 bits per heavy atom. The summed E-state index contributed by atoms with van der Waals surface area (Å²) in [5.74, 6) is 0.307. The number of urea groups is 1. The lowest BCUT2D eigenvalue weighted by atomic mass is 10.0. The number of carbonyl (C=O) groups is 1. The highest BCUT2D eigenvalue weighted by Crippen LogP contribution is 2.19. The molecule has 21 heavy (non-hydrogen) atoms. The van der Waals surface area contributed by atoms with Gasteiger partial charge in [-0.2, -0.15) is 0 Å². The van der Waals surface area contributed by atoms with Crippen LogP contribution in [0.1, 0.15) is 18.4 Å². The molecule has 2 rings (SSSR count). The van der Waals surface area contributed by atoms with Crippen LogP contribution >= 0.6 is 0 Å². The van der Waals surface area contributed by atoms with E-state index in [1.807, 2.05) is 24.1 Å². The van der Waals surface area contributed by atoms with Crippen molar-refractivity contribution >= 4 is 6.03 Å². The molecule has 116 valence electrons. The van der Waals surface area contributed by atoms with Gasteiger partial charge in [0.15, 0.2) is 0 Å². The number of amides is 2. The number of likely N-dealkylation sites (tertiary alicyclic amines) is 1. The van der Waals surface area contributed by atoms with Gasteiger partial charge in [0, 0.05) is 46.8 Å². The number of benzene rings is 1. The molecule has 0 atom stereocenters. The Morgan fingerprint density at radius 1 is 1.19 bits per heavy atom. The molecule has 0 spiro atoms. The third-order valence-electron chi connectivity index (χ3n) is 4.13. The normalized spacial score (nSPS) is 16.7. The van der Waals surface area contributed by atoms with Crippen LogP contribution in [0.3, 0.4) is 0 Å². The average Bonchev–Trinajstić information content (AvgIpc) is 2.49. The van der Waals surface area contributed by atoms with Gasteiger partial charge in [-0.25, -0.2) is 4.79 Å². The van der Waals surface area contributed by atoms with Crippen molar-refractivity contribution in [3.8, 4) is 5.75 Å². The van der Waals surface area contributed by atoms with Gasteiger partial charge in [-0.15, -0.1) is 0 Å². The molecule has 1 aliphatic heterocycles. The molecule has 1 aromatic rings. The summed E-state index contributed by atoms with van der Waals surface area (Å²) in [5, 5.41) is 9.30. The van der Waals surface area contributed by atoms with Crippen molar-refractivity contribution in [1.82, 2.24) is 14.7 Å². The number of phenols is 1.